The molecule has 26 heavy (non-hydrogen) atoms. The maximum Gasteiger partial charge on any atom is 0.257 e. The van der Waals surface area contributed by atoms with E-state index in [0.29, 0.717) is 19.4 Å². The predicted octanol–water partition coefficient (Wildman–Crippen LogP) is 4.07. The third kappa shape index (κ3) is 3.65. The van der Waals surface area contributed by atoms with Crippen LogP contribution in [0.5, 0.6) is 0 Å². The summed E-state index contributed by atoms with van der Waals surface area (Å²) in [7, 11) is 0. The van der Waals surface area contributed by atoms with Crippen LogP contribution >= 0.6 is 0 Å². The minimum absolute atomic E-state index is 0.0271. The Hall–Kier alpha value is -2.59. The molecule has 134 valence electrons. The van der Waals surface area contributed by atoms with Gasteiger partial charge >= 0.3 is 0 Å². The fourth-order valence-electron chi connectivity index (χ4n) is 3.51. The molecule has 2 aromatic carbocycles. The van der Waals surface area contributed by atoms with Crippen LogP contribution in [-0.4, -0.2) is 25.3 Å². The van der Waals surface area contributed by atoms with Gasteiger partial charge in [0.15, 0.2) is 6.29 Å². The van der Waals surface area contributed by atoms with Crippen LogP contribution in [0.3, 0.4) is 0 Å². The first kappa shape index (κ1) is 16.9. The summed E-state index contributed by atoms with van der Waals surface area (Å²) in [5, 5.41) is 0. The second-order valence-electron chi connectivity index (χ2n) is 6.67. The van der Waals surface area contributed by atoms with Crippen molar-refractivity contribution in [3.8, 4) is 0 Å². The third-order valence-electron chi connectivity index (χ3n) is 4.86. The molecule has 4 rings (SSSR count). The number of rotatable bonds is 5. The minimum Gasteiger partial charge on any atom is -0.469 e. The molecule has 2 aliphatic heterocycles. The maximum absolute atomic E-state index is 13.3. The molecule has 2 aliphatic rings. The molecular weight excluding hydrogens is 326 g/mol. The molecule has 2 aromatic rings. The topological polar surface area (TPSA) is 38.8 Å². The van der Waals surface area contributed by atoms with E-state index in [4.69, 9.17) is 9.47 Å². The van der Waals surface area contributed by atoms with Crippen molar-refractivity contribution in [3.05, 3.63) is 77.6 Å². The van der Waals surface area contributed by atoms with Crippen LogP contribution < -0.4 is 4.90 Å². The van der Waals surface area contributed by atoms with Crippen molar-refractivity contribution in [2.75, 3.05) is 18.1 Å². The van der Waals surface area contributed by atoms with E-state index in [1.165, 1.54) is 0 Å². The van der Waals surface area contributed by atoms with Crippen LogP contribution in [0.2, 0.25) is 0 Å². The minimum atomic E-state index is -0.216. The zero-order chi connectivity index (χ0) is 17.8. The molecule has 2 heterocycles. The summed E-state index contributed by atoms with van der Waals surface area (Å²) in [6.45, 7) is 1.36. The summed E-state index contributed by atoms with van der Waals surface area (Å²) in [4.78, 5) is 15.1. The highest BCUT2D eigenvalue weighted by molar-refractivity contribution is 6.07. The summed E-state index contributed by atoms with van der Waals surface area (Å²) in [6, 6.07) is 19.9. The van der Waals surface area contributed by atoms with Crippen molar-refractivity contribution in [1.82, 2.24) is 0 Å². The molecule has 1 fully saturated rings. The first-order chi connectivity index (χ1) is 12.8. The van der Waals surface area contributed by atoms with E-state index in [9.17, 15) is 4.79 Å². The molecule has 0 spiro atoms. The second kappa shape index (κ2) is 7.75. The van der Waals surface area contributed by atoms with Crippen molar-refractivity contribution < 1.29 is 14.3 Å². The normalized spacial score (nSPS) is 20.5. The molecule has 0 saturated carbocycles. The van der Waals surface area contributed by atoms with Crippen molar-refractivity contribution >= 4 is 11.6 Å². The molecule has 1 unspecified atom stereocenters. The number of carbonyl (C=O) groups is 1. The molecule has 0 bridgehead atoms. The fourth-order valence-corrected chi connectivity index (χ4v) is 3.51. The average molecular weight is 349 g/mol. The third-order valence-corrected chi connectivity index (χ3v) is 4.86. The maximum atomic E-state index is 13.3. The number of benzene rings is 2. The highest BCUT2D eigenvalue weighted by Crippen LogP contribution is 2.30. The largest absolute Gasteiger partial charge is 0.469 e. The molecule has 0 aliphatic carbocycles. The average Bonchev–Trinajstić information content (AvgIpc) is 3.19. The summed E-state index contributed by atoms with van der Waals surface area (Å²) in [5.74, 6) is 0.817. The van der Waals surface area contributed by atoms with Gasteiger partial charge in [0.2, 0.25) is 0 Å². The van der Waals surface area contributed by atoms with E-state index >= 15 is 0 Å². The Morgan fingerprint density at radius 1 is 1.04 bits per heavy atom. The van der Waals surface area contributed by atoms with Crippen LogP contribution in [0.15, 0.2) is 72.0 Å². The summed E-state index contributed by atoms with van der Waals surface area (Å²) < 4.78 is 11.7. The molecule has 1 atom stereocenters. The lowest BCUT2D eigenvalue weighted by atomic mass is 9.98. The Kier molecular flexibility index (Phi) is 5.02. The Morgan fingerprint density at radius 2 is 1.77 bits per heavy atom. The predicted molar refractivity (Wildman–Crippen MR) is 101 cm³/mol. The van der Waals surface area contributed by atoms with E-state index in [-0.39, 0.29) is 12.2 Å². The zero-order valence-corrected chi connectivity index (χ0v) is 14.8. The van der Waals surface area contributed by atoms with Gasteiger partial charge in [-0.15, -0.1) is 0 Å². The first-order valence-electron chi connectivity index (χ1n) is 9.22. The summed E-state index contributed by atoms with van der Waals surface area (Å²) >= 11 is 0. The molecule has 1 saturated heterocycles. The fraction of sp³-hybridized carbons (Fsp3) is 0.318. The van der Waals surface area contributed by atoms with Crippen molar-refractivity contribution in [2.24, 2.45) is 0 Å². The molecule has 4 nitrogen and oxygen atoms in total. The summed E-state index contributed by atoms with van der Waals surface area (Å²) in [5.41, 5.74) is 2.78. The molecule has 1 amide bonds. The number of anilines is 1. The van der Waals surface area contributed by atoms with Gasteiger partial charge in [0.05, 0.1) is 12.2 Å². The molecule has 4 heteroatoms. The van der Waals surface area contributed by atoms with Crippen LogP contribution in [0.1, 0.15) is 24.8 Å². The van der Waals surface area contributed by atoms with E-state index in [2.05, 4.69) is 0 Å². The van der Waals surface area contributed by atoms with E-state index < -0.39 is 0 Å². The standard InChI is InChI=1S/C22H23NO3/c24-22-19(16-17-8-3-1-4-9-17)20(26-21-12-7-15-25-21)13-14-23(22)18-10-5-2-6-11-18/h1-6,8-11,21H,7,12-16H2. The molecule has 0 radical (unpaired) electrons. The highest BCUT2D eigenvalue weighted by atomic mass is 16.7. The zero-order valence-electron chi connectivity index (χ0n) is 14.8. The quantitative estimate of drug-likeness (QED) is 0.817. The Morgan fingerprint density at radius 3 is 2.46 bits per heavy atom. The van der Waals surface area contributed by atoms with Gasteiger partial charge in [0, 0.05) is 31.5 Å². The number of amides is 1. The number of hydrogen-bond donors (Lipinski definition) is 0. The number of carbonyl (C=O) groups excluding carboxylic acids is 1. The lowest BCUT2D eigenvalue weighted by Crippen LogP contribution is -2.39. The first-order valence-corrected chi connectivity index (χ1v) is 9.22. The molecule has 0 aromatic heterocycles. The number of nitrogens with zero attached hydrogens (tertiary/aromatic N) is 1. The van der Waals surface area contributed by atoms with Crippen LogP contribution in [0.25, 0.3) is 0 Å². The van der Waals surface area contributed by atoms with E-state index in [1.807, 2.05) is 65.6 Å². The van der Waals surface area contributed by atoms with E-state index in [1.54, 1.807) is 0 Å². The second-order valence-corrected chi connectivity index (χ2v) is 6.67. The molecular formula is C22H23NO3. The van der Waals surface area contributed by atoms with Crippen LogP contribution in [0.4, 0.5) is 5.69 Å². The lowest BCUT2D eigenvalue weighted by molar-refractivity contribution is -0.117. The van der Waals surface area contributed by atoms with Gasteiger partial charge in [0.25, 0.3) is 5.91 Å². The highest BCUT2D eigenvalue weighted by Gasteiger charge is 2.31. The number of para-hydroxylation sites is 1. The Bertz CT molecular complexity index is 780. The van der Waals surface area contributed by atoms with Gasteiger partial charge in [-0.2, -0.15) is 0 Å². The Labute approximate surface area is 154 Å². The van der Waals surface area contributed by atoms with E-state index in [0.717, 1.165) is 42.0 Å². The van der Waals surface area contributed by atoms with Gasteiger partial charge in [0.1, 0.15) is 5.76 Å². The SMILES string of the molecule is O=C1C(Cc2ccccc2)=C(OC2CCCO2)CCN1c1ccccc1. The number of hydrogen-bond acceptors (Lipinski definition) is 3. The Balaban J connectivity index is 1.64. The lowest BCUT2D eigenvalue weighted by Gasteiger charge is -2.31. The van der Waals surface area contributed by atoms with Crippen LogP contribution in [-0.2, 0) is 20.7 Å². The van der Waals surface area contributed by atoms with Crippen LogP contribution in [0, 0.1) is 0 Å². The van der Waals surface area contributed by atoms with Gasteiger partial charge in [-0.3, -0.25) is 4.79 Å². The van der Waals surface area contributed by atoms with Crippen molar-refractivity contribution in [2.45, 2.75) is 32.0 Å². The number of ether oxygens (including phenoxy) is 2. The van der Waals surface area contributed by atoms with Gasteiger partial charge in [-0.05, 0) is 24.1 Å². The molecule has 0 N–H and O–H groups in total. The van der Waals surface area contributed by atoms with Gasteiger partial charge < -0.3 is 14.4 Å². The van der Waals surface area contributed by atoms with Gasteiger partial charge in [-0.1, -0.05) is 48.5 Å². The van der Waals surface area contributed by atoms with Crippen molar-refractivity contribution in [3.63, 3.8) is 0 Å². The smallest absolute Gasteiger partial charge is 0.257 e. The van der Waals surface area contributed by atoms with Gasteiger partial charge in [-0.25, -0.2) is 0 Å². The van der Waals surface area contributed by atoms with Crippen molar-refractivity contribution in [1.29, 1.82) is 0 Å². The monoisotopic (exact) mass is 349 g/mol. The summed E-state index contributed by atoms with van der Waals surface area (Å²) in [6.07, 6.45) is 2.97.